The molecule has 2 amide bonds. The van der Waals surface area contributed by atoms with Crippen LogP contribution in [0.2, 0.25) is 0 Å². The summed E-state index contributed by atoms with van der Waals surface area (Å²) in [5.41, 5.74) is 3.90. The first-order valence-corrected chi connectivity index (χ1v) is 11.5. The number of nitrogens with one attached hydrogen (secondary N) is 2. The number of hydrogen-bond acceptors (Lipinski definition) is 7. The predicted molar refractivity (Wildman–Crippen MR) is 128 cm³/mol. The van der Waals surface area contributed by atoms with E-state index in [9.17, 15) is 14.4 Å². The standard InChI is InChI=1S/C25H35N3O6/c1-14(2)22(30)26-17-12-19(33-7)18(32-6)11-16(17)23(31)34-13-21(29)28-27-20-10-15-8-9-25(20,5)24(15,3)4/h11-12,14-15H,8-10,13H2,1-7H3,(H,26,30)(H,28,29)/b27-20+. The van der Waals surface area contributed by atoms with Gasteiger partial charge in [-0.2, -0.15) is 5.10 Å². The van der Waals surface area contributed by atoms with Crippen LogP contribution in [0.1, 0.15) is 64.2 Å². The van der Waals surface area contributed by atoms with E-state index in [4.69, 9.17) is 14.2 Å². The molecule has 1 aromatic carbocycles. The van der Waals surface area contributed by atoms with E-state index in [0.29, 0.717) is 17.4 Å². The first-order valence-electron chi connectivity index (χ1n) is 11.5. The summed E-state index contributed by atoms with van der Waals surface area (Å²) in [5.74, 6) is -0.699. The first-order chi connectivity index (χ1) is 15.9. The lowest BCUT2D eigenvalue weighted by Gasteiger charge is -2.34. The Kier molecular flexibility index (Phi) is 7.24. The van der Waals surface area contributed by atoms with Gasteiger partial charge in [0.15, 0.2) is 18.1 Å². The van der Waals surface area contributed by atoms with Crippen molar-refractivity contribution in [2.24, 2.45) is 27.8 Å². The number of anilines is 1. The van der Waals surface area contributed by atoms with Crippen molar-refractivity contribution in [1.82, 2.24) is 5.43 Å². The summed E-state index contributed by atoms with van der Waals surface area (Å²) < 4.78 is 15.8. The van der Waals surface area contributed by atoms with Crippen molar-refractivity contribution in [1.29, 1.82) is 0 Å². The lowest BCUT2D eigenvalue weighted by Crippen LogP contribution is -2.35. The molecule has 9 nitrogen and oxygen atoms in total. The fourth-order valence-corrected chi connectivity index (χ4v) is 4.90. The molecule has 2 aliphatic rings. The molecule has 2 N–H and O–H groups in total. The Bertz CT molecular complexity index is 1020. The zero-order chi connectivity index (χ0) is 25.3. The Balaban J connectivity index is 1.69. The van der Waals surface area contributed by atoms with E-state index < -0.39 is 18.5 Å². The summed E-state index contributed by atoms with van der Waals surface area (Å²) in [6.45, 7) is 9.68. The van der Waals surface area contributed by atoms with Crippen LogP contribution in [0.15, 0.2) is 17.2 Å². The Morgan fingerprint density at radius 2 is 1.76 bits per heavy atom. The highest BCUT2D eigenvalue weighted by Crippen LogP contribution is 2.63. The number of esters is 1. The minimum Gasteiger partial charge on any atom is -0.493 e. The molecular formula is C25H35N3O6. The van der Waals surface area contributed by atoms with Crippen LogP contribution in [0.25, 0.3) is 0 Å². The molecule has 0 radical (unpaired) electrons. The van der Waals surface area contributed by atoms with Crippen molar-refractivity contribution >= 4 is 29.2 Å². The molecular weight excluding hydrogens is 438 g/mol. The Morgan fingerprint density at radius 3 is 2.29 bits per heavy atom. The molecule has 1 aromatic rings. The summed E-state index contributed by atoms with van der Waals surface area (Å²) in [6, 6.07) is 2.90. The second-order valence-electron chi connectivity index (χ2n) is 10.1. The number of nitrogens with zero attached hydrogens (tertiary/aromatic N) is 1. The van der Waals surface area contributed by atoms with Crippen LogP contribution >= 0.6 is 0 Å². The van der Waals surface area contributed by atoms with E-state index in [1.165, 1.54) is 32.8 Å². The normalized spacial score (nSPS) is 23.6. The summed E-state index contributed by atoms with van der Waals surface area (Å²) in [5, 5.41) is 7.08. The van der Waals surface area contributed by atoms with Crippen LogP contribution in [-0.4, -0.2) is 44.3 Å². The average molecular weight is 474 g/mol. The number of carbonyl (C=O) groups excluding carboxylic acids is 3. The number of fused-ring (bicyclic) bond motifs is 2. The Morgan fingerprint density at radius 1 is 1.12 bits per heavy atom. The molecule has 0 aliphatic heterocycles. The fraction of sp³-hybridized carbons (Fsp3) is 0.600. The van der Waals surface area contributed by atoms with E-state index in [1.54, 1.807) is 13.8 Å². The third kappa shape index (κ3) is 4.60. The van der Waals surface area contributed by atoms with Crippen molar-refractivity contribution < 1.29 is 28.6 Å². The highest BCUT2D eigenvalue weighted by atomic mass is 16.5. The van der Waals surface area contributed by atoms with Gasteiger partial charge in [0.25, 0.3) is 5.91 Å². The second kappa shape index (κ2) is 9.64. The van der Waals surface area contributed by atoms with Gasteiger partial charge in [0, 0.05) is 29.2 Å². The monoisotopic (exact) mass is 473 g/mol. The summed E-state index contributed by atoms with van der Waals surface area (Å²) in [6.07, 6.45) is 3.10. The zero-order valence-electron chi connectivity index (χ0n) is 21.0. The highest BCUT2D eigenvalue weighted by Gasteiger charge is 2.60. The number of benzene rings is 1. The largest absolute Gasteiger partial charge is 0.493 e. The van der Waals surface area contributed by atoms with Crippen LogP contribution in [-0.2, 0) is 14.3 Å². The average Bonchev–Trinajstić information content (AvgIpc) is 3.14. The van der Waals surface area contributed by atoms with Gasteiger partial charge in [0.2, 0.25) is 5.91 Å². The number of amides is 2. The molecule has 0 spiro atoms. The molecule has 2 bridgehead atoms. The summed E-state index contributed by atoms with van der Waals surface area (Å²) in [7, 11) is 2.89. The quantitative estimate of drug-likeness (QED) is 0.439. The van der Waals surface area contributed by atoms with Gasteiger partial charge in [0.05, 0.1) is 25.5 Å². The van der Waals surface area contributed by atoms with Crippen molar-refractivity contribution in [3.63, 3.8) is 0 Å². The van der Waals surface area contributed by atoms with Gasteiger partial charge in [-0.05, 0) is 30.6 Å². The first kappa shape index (κ1) is 25.5. The van der Waals surface area contributed by atoms with Crippen molar-refractivity contribution in [2.45, 2.75) is 53.9 Å². The topological polar surface area (TPSA) is 115 Å². The van der Waals surface area contributed by atoms with Gasteiger partial charge in [-0.25, -0.2) is 10.2 Å². The molecule has 0 saturated heterocycles. The van der Waals surface area contributed by atoms with Gasteiger partial charge in [0.1, 0.15) is 0 Å². The van der Waals surface area contributed by atoms with E-state index in [-0.39, 0.29) is 33.9 Å². The Hall–Kier alpha value is -3.10. The molecule has 2 unspecified atom stereocenters. The Labute approximate surface area is 200 Å². The molecule has 2 saturated carbocycles. The SMILES string of the molecule is COc1cc(NC(=O)C(C)C)c(C(=O)OCC(=O)N/N=C2\CC3CCC2(C)C3(C)C)cc1OC. The van der Waals surface area contributed by atoms with Crippen molar-refractivity contribution in [2.75, 3.05) is 26.1 Å². The van der Waals surface area contributed by atoms with E-state index in [0.717, 1.165) is 18.6 Å². The maximum absolute atomic E-state index is 12.8. The van der Waals surface area contributed by atoms with Crippen LogP contribution in [0, 0.1) is 22.7 Å². The summed E-state index contributed by atoms with van der Waals surface area (Å²) in [4.78, 5) is 37.4. The van der Waals surface area contributed by atoms with Crippen LogP contribution in [0.3, 0.4) is 0 Å². The number of hydrogen-bond donors (Lipinski definition) is 2. The molecule has 186 valence electrons. The van der Waals surface area contributed by atoms with Gasteiger partial charge < -0.3 is 19.5 Å². The second-order valence-corrected chi connectivity index (χ2v) is 10.1. The highest BCUT2D eigenvalue weighted by molar-refractivity contribution is 6.03. The van der Waals surface area contributed by atoms with Crippen molar-refractivity contribution in [3.05, 3.63) is 17.7 Å². The molecule has 2 atom stereocenters. The molecule has 0 aromatic heterocycles. The molecule has 2 fully saturated rings. The van der Waals surface area contributed by atoms with Crippen LogP contribution in [0.4, 0.5) is 5.69 Å². The molecule has 3 rings (SSSR count). The molecule has 0 heterocycles. The number of hydrazone groups is 1. The number of methoxy groups -OCH3 is 2. The smallest absolute Gasteiger partial charge is 0.340 e. The van der Waals surface area contributed by atoms with E-state index in [2.05, 4.69) is 36.6 Å². The number of ether oxygens (including phenoxy) is 3. The van der Waals surface area contributed by atoms with Gasteiger partial charge >= 0.3 is 5.97 Å². The van der Waals surface area contributed by atoms with Crippen LogP contribution in [0.5, 0.6) is 11.5 Å². The van der Waals surface area contributed by atoms with Gasteiger partial charge in [-0.3, -0.25) is 9.59 Å². The number of carbonyl (C=O) groups is 3. The van der Waals surface area contributed by atoms with Crippen molar-refractivity contribution in [3.8, 4) is 11.5 Å². The summed E-state index contributed by atoms with van der Waals surface area (Å²) >= 11 is 0. The van der Waals surface area contributed by atoms with E-state index in [1.807, 2.05) is 0 Å². The van der Waals surface area contributed by atoms with Crippen LogP contribution < -0.4 is 20.2 Å². The fourth-order valence-electron chi connectivity index (χ4n) is 4.90. The molecule has 9 heteroatoms. The lowest BCUT2D eigenvalue weighted by atomic mass is 9.70. The maximum Gasteiger partial charge on any atom is 0.340 e. The molecule has 2 aliphatic carbocycles. The molecule has 34 heavy (non-hydrogen) atoms. The van der Waals surface area contributed by atoms with Gasteiger partial charge in [-0.1, -0.05) is 34.6 Å². The maximum atomic E-state index is 12.8. The minimum absolute atomic E-state index is 0.0369. The number of rotatable bonds is 8. The lowest BCUT2D eigenvalue weighted by molar-refractivity contribution is -0.124. The van der Waals surface area contributed by atoms with Gasteiger partial charge in [-0.15, -0.1) is 0 Å². The minimum atomic E-state index is -0.782. The third-order valence-corrected chi connectivity index (χ3v) is 7.69. The van der Waals surface area contributed by atoms with E-state index >= 15 is 0 Å². The predicted octanol–water partition coefficient (Wildman–Crippen LogP) is 3.77. The third-order valence-electron chi connectivity index (χ3n) is 7.69. The zero-order valence-corrected chi connectivity index (χ0v) is 21.0.